The summed E-state index contributed by atoms with van der Waals surface area (Å²) in [6.45, 7) is 0.121. The first-order valence-corrected chi connectivity index (χ1v) is 18.5. The van der Waals surface area contributed by atoms with E-state index in [0.717, 1.165) is 28.5 Å². The predicted molar refractivity (Wildman–Crippen MR) is 196 cm³/mol. The number of carbonyl (C=O) groups is 4. The Morgan fingerprint density at radius 1 is 1.00 bits per heavy atom. The van der Waals surface area contributed by atoms with E-state index in [0.29, 0.717) is 5.69 Å². The van der Waals surface area contributed by atoms with E-state index in [2.05, 4.69) is 54.6 Å². The van der Waals surface area contributed by atoms with E-state index in [1.54, 1.807) is 0 Å². The van der Waals surface area contributed by atoms with Crippen LogP contribution in [0, 0.1) is 23.7 Å². The number of ether oxygens (including phenoxy) is 1. The number of hydrogen-bond donors (Lipinski definition) is 7. The Morgan fingerprint density at radius 2 is 1.68 bits per heavy atom. The number of hydrogen-bond acceptors (Lipinski definition) is 9. The number of guanidine groups is 1. The number of rotatable bonds is 15. The van der Waals surface area contributed by atoms with Crippen molar-refractivity contribution in [3.63, 3.8) is 0 Å². The number of carboxylic acid groups (broad SMARTS) is 1. The lowest BCUT2D eigenvalue weighted by molar-refractivity contribution is -0.137. The Hall–Kier alpha value is -6.33. The van der Waals surface area contributed by atoms with Crippen LogP contribution in [0.3, 0.4) is 0 Å². The number of amides is 3. The van der Waals surface area contributed by atoms with Crippen molar-refractivity contribution in [3.05, 3.63) is 77.9 Å². The van der Waals surface area contributed by atoms with E-state index < -0.39 is 58.3 Å². The van der Waals surface area contributed by atoms with Crippen LogP contribution in [-0.2, 0) is 29.0 Å². The average molecular weight is 745 g/mol. The first kappa shape index (κ1) is 39.5. The lowest BCUT2D eigenvalue weighted by Gasteiger charge is -2.22. The molecule has 16 nitrogen and oxygen atoms in total. The molecular weight excluding hydrogens is 705 g/mol. The van der Waals surface area contributed by atoms with Crippen LogP contribution in [0.5, 0.6) is 0 Å². The number of aliphatic imine (C=N–C) groups is 1. The molecule has 1 unspecified atom stereocenters. The number of aliphatic carboxylic acids is 1. The first-order chi connectivity index (χ1) is 25.3. The maximum absolute atomic E-state index is 13.7. The number of nitrogens with one attached hydrogen (secondary N) is 4. The van der Waals surface area contributed by atoms with Gasteiger partial charge in [0.2, 0.25) is 5.91 Å². The standard InChI is InChI=1S/C36H40N8O8S/c1-53(50,51)18-7-6-9-23(19-32(45)46)42-33(47)31(16-15-24-20-39-22-41-24)43-34(48)30(14-8-17-40-35(37)38)44-36(49)52-21-29-27-12-4-2-10-25(27)26-11-3-5-13-28(26)29/h2-5,10-13,20,22-23,29-31H,7-8,14,17-19,21H2,1H3,(H,39,41)(H,42,47)(H,43,48)(H,44,49)(H,45,46)(H4,37,38,40)/t23-,30+,31?/m1/s1. The first-order valence-electron chi connectivity index (χ1n) is 16.5. The van der Waals surface area contributed by atoms with E-state index in [-0.39, 0.29) is 50.0 Å². The quantitative estimate of drug-likeness (QED) is 0.0491. The highest BCUT2D eigenvalue weighted by molar-refractivity contribution is 7.90. The molecular formula is C36H40N8O8S. The number of fused-ring (bicyclic) bond motifs is 3. The third-order valence-corrected chi connectivity index (χ3v) is 8.81. The molecule has 0 saturated carbocycles. The van der Waals surface area contributed by atoms with Gasteiger partial charge in [0.05, 0.1) is 24.7 Å². The molecule has 2 aromatic carbocycles. The van der Waals surface area contributed by atoms with E-state index in [9.17, 15) is 32.7 Å². The molecule has 3 amide bonds. The van der Waals surface area contributed by atoms with Crippen LogP contribution in [-0.4, -0.2) is 96.6 Å². The van der Waals surface area contributed by atoms with Gasteiger partial charge in [-0.3, -0.25) is 19.4 Å². The number of carboxylic acids is 1. The Balaban J connectivity index is 1.51. The lowest BCUT2D eigenvalue weighted by Crippen LogP contribution is -2.54. The maximum Gasteiger partial charge on any atom is 0.407 e. The second-order valence-electron chi connectivity index (χ2n) is 12.0. The van der Waals surface area contributed by atoms with Crippen LogP contribution in [0.2, 0.25) is 0 Å². The van der Waals surface area contributed by atoms with Gasteiger partial charge in [-0.05, 0) is 41.0 Å². The van der Waals surface area contributed by atoms with Gasteiger partial charge in [-0.1, -0.05) is 60.4 Å². The van der Waals surface area contributed by atoms with Crippen LogP contribution in [0.15, 0.2) is 66.0 Å². The molecule has 17 heteroatoms. The maximum atomic E-state index is 13.7. The number of aromatic nitrogens is 2. The summed E-state index contributed by atoms with van der Waals surface area (Å²) >= 11 is 0. The van der Waals surface area contributed by atoms with Crippen molar-refractivity contribution >= 4 is 39.7 Å². The number of sulfone groups is 1. The number of H-pyrrole nitrogens is 1. The van der Waals surface area contributed by atoms with Crippen LogP contribution < -0.4 is 27.4 Å². The highest BCUT2D eigenvalue weighted by Crippen LogP contribution is 2.44. The highest BCUT2D eigenvalue weighted by atomic mass is 32.2. The third kappa shape index (κ3) is 12.4. The lowest BCUT2D eigenvalue weighted by atomic mass is 9.98. The predicted octanol–water partition coefficient (Wildman–Crippen LogP) is 0.605. The minimum Gasteiger partial charge on any atom is -0.481 e. The van der Waals surface area contributed by atoms with E-state index in [1.807, 2.05) is 48.5 Å². The van der Waals surface area contributed by atoms with Gasteiger partial charge in [-0.15, -0.1) is 5.92 Å². The molecule has 4 rings (SSSR count). The van der Waals surface area contributed by atoms with Gasteiger partial charge in [0.25, 0.3) is 5.91 Å². The Kier molecular flexibility index (Phi) is 14.0. The highest BCUT2D eigenvalue weighted by Gasteiger charge is 2.31. The number of alkyl carbamates (subject to hydrolysis) is 1. The summed E-state index contributed by atoms with van der Waals surface area (Å²) in [5, 5.41) is 16.9. The largest absolute Gasteiger partial charge is 0.481 e. The van der Waals surface area contributed by atoms with Gasteiger partial charge in [0.15, 0.2) is 12.0 Å². The van der Waals surface area contributed by atoms with Gasteiger partial charge < -0.3 is 42.2 Å². The van der Waals surface area contributed by atoms with Crippen molar-refractivity contribution < 1.29 is 37.4 Å². The van der Waals surface area contributed by atoms with E-state index in [4.69, 9.17) is 16.2 Å². The molecule has 3 aromatic rings. The van der Waals surface area contributed by atoms with Crippen molar-refractivity contribution in [1.29, 1.82) is 0 Å². The number of imidazole rings is 1. The number of aromatic amines is 1. The minimum absolute atomic E-state index is 0.0148. The Morgan fingerprint density at radius 3 is 2.28 bits per heavy atom. The van der Waals surface area contributed by atoms with Crippen molar-refractivity contribution in [1.82, 2.24) is 25.9 Å². The van der Waals surface area contributed by atoms with Gasteiger partial charge in [-0.25, -0.2) is 18.2 Å². The van der Waals surface area contributed by atoms with Gasteiger partial charge in [0, 0.05) is 25.1 Å². The van der Waals surface area contributed by atoms with Crippen molar-refractivity contribution in [2.45, 2.75) is 49.7 Å². The van der Waals surface area contributed by atoms with Crippen molar-refractivity contribution in [2.24, 2.45) is 16.5 Å². The molecule has 278 valence electrons. The number of nitrogens with two attached hydrogens (primary N) is 2. The summed E-state index contributed by atoms with van der Waals surface area (Å²) in [6.07, 6.45) is 2.46. The molecule has 1 aliphatic rings. The molecule has 0 spiro atoms. The van der Waals surface area contributed by atoms with Crippen LogP contribution >= 0.6 is 0 Å². The van der Waals surface area contributed by atoms with Crippen LogP contribution in [0.4, 0.5) is 4.79 Å². The topological polar surface area (TPSA) is 261 Å². The summed E-state index contributed by atoms with van der Waals surface area (Å²) in [7, 11) is -3.32. The van der Waals surface area contributed by atoms with Gasteiger partial charge in [-0.2, -0.15) is 0 Å². The molecule has 0 bridgehead atoms. The molecule has 1 aromatic heterocycles. The molecule has 9 N–H and O–H groups in total. The van der Waals surface area contributed by atoms with Crippen molar-refractivity contribution in [2.75, 3.05) is 25.2 Å². The molecule has 0 aliphatic heterocycles. The SMILES string of the molecule is CS(=O)(=O)CCC#C[C@H](CC(=O)O)NC(=O)C(C#Cc1cnc[nH]1)NC(=O)[C@H](CCCN=C(N)N)NC(=O)OCC1c2ccccc2-c2ccccc21. The molecule has 0 radical (unpaired) electrons. The number of carbonyl (C=O) groups excluding carboxylic acids is 3. The number of benzene rings is 2. The zero-order chi connectivity index (χ0) is 38.4. The van der Waals surface area contributed by atoms with E-state index >= 15 is 0 Å². The molecule has 53 heavy (non-hydrogen) atoms. The second kappa shape index (κ2) is 18.8. The fourth-order valence-electron chi connectivity index (χ4n) is 5.44. The zero-order valence-corrected chi connectivity index (χ0v) is 29.6. The monoisotopic (exact) mass is 744 g/mol. The van der Waals surface area contributed by atoms with Gasteiger partial charge >= 0.3 is 12.1 Å². The van der Waals surface area contributed by atoms with Crippen LogP contribution in [0.25, 0.3) is 11.1 Å². The zero-order valence-electron chi connectivity index (χ0n) is 28.8. The summed E-state index contributed by atoms with van der Waals surface area (Å²) < 4.78 is 28.6. The summed E-state index contributed by atoms with van der Waals surface area (Å²) in [5.41, 5.74) is 15.3. The Bertz CT molecular complexity index is 2010. The third-order valence-electron chi connectivity index (χ3n) is 7.87. The van der Waals surface area contributed by atoms with Crippen LogP contribution in [0.1, 0.15) is 48.4 Å². The smallest absolute Gasteiger partial charge is 0.407 e. The summed E-state index contributed by atoms with van der Waals surface area (Å²) in [6, 6.07) is 11.6. The molecule has 1 aliphatic carbocycles. The molecule has 3 atom stereocenters. The normalized spacial score (nSPS) is 13.2. The fraction of sp³-hybridized carbons (Fsp3) is 0.333. The molecule has 1 heterocycles. The summed E-state index contributed by atoms with van der Waals surface area (Å²) in [5.74, 6) is 6.80. The minimum atomic E-state index is -3.32. The molecule has 0 fully saturated rings. The van der Waals surface area contributed by atoms with Gasteiger partial charge in [0.1, 0.15) is 34.2 Å². The van der Waals surface area contributed by atoms with E-state index in [1.165, 1.54) is 12.5 Å². The Labute approximate surface area is 306 Å². The summed E-state index contributed by atoms with van der Waals surface area (Å²) in [4.78, 5) is 62.5. The number of nitrogens with zero attached hydrogens (tertiary/aromatic N) is 2. The molecule has 0 saturated heterocycles. The fourth-order valence-corrected chi connectivity index (χ4v) is 5.91. The second-order valence-corrected chi connectivity index (χ2v) is 14.3. The average Bonchev–Trinajstić information content (AvgIpc) is 3.74. The van der Waals surface area contributed by atoms with Crippen molar-refractivity contribution in [3.8, 4) is 34.8 Å².